The Morgan fingerprint density at radius 3 is 2.72 bits per heavy atom. The first kappa shape index (κ1) is 13.2. The third-order valence-corrected chi connectivity index (χ3v) is 3.75. The van der Waals surface area contributed by atoms with Gasteiger partial charge in [-0.05, 0) is 24.0 Å². The second-order valence-electron chi connectivity index (χ2n) is 4.15. The lowest BCUT2D eigenvalue weighted by Crippen LogP contribution is -2.29. The van der Waals surface area contributed by atoms with Gasteiger partial charge in [-0.25, -0.2) is 0 Å². The van der Waals surface area contributed by atoms with E-state index in [9.17, 15) is 0 Å². The predicted molar refractivity (Wildman–Crippen MR) is 73.8 cm³/mol. The third-order valence-electron chi connectivity index (χ3n) is 2.59. The highest BCUT2D eigenvalue weighted by molar-refractivity contribution is 7.98. The molecule has 0 saturated carbocycles. The van der Waals surface area contributed by atoms with Crippen LogP contribution in [0.1, 0.15) is 11.3 Å². The molecule has 1 aromatic heterocycles. The van der Waals surface area contributed by atoms with E-state index < -0.39 is 7.12 Å². The van der Waals surface area contributed by atoms with Gasteiger partial charge in [-0.1, -0.05) is 24.3 Å². The molecule has 0 spiro atoms. The number of rotatable bonds is 4. The predicted octanol–water partition coefficient (Wildman–Crippen LogP) is 0.701. The zero-order chi connectivity index (χ0) is 13.1. The molecular weight excluding hydrogens is 247 g/mol. The van der Waals surface area contributed by atoms with E-state index >= 15 is 0 Å². The SMILES string of the molecule is Cc1cc(SCc2cccc(B(O)O)c2)n(C)n1. The molecule has 2 rings (SSSR count). The highest BCUT2D eigenvalue weighted by Crippen LogP contribution is 2.22. The number of aromatic nitrogens is 2. The number of hydrogen-bond donors (Lipinski definition) is 2. The fourth-order valence-corrected chi connectivity index (χ4v) is 2.70. The minimum Gasteiger partial charge on any atom is -0.423 e. The van der Waals surface area contributed by atoms with Crippen LogP contribution in [0, 0.1) is 6.92 Å². The summed E-state index contributed by atoms with van der Waals surface area (Å²) in [7, 11) is 0.511. The highest BCUT2D eigenvalue weighted by Gasteiger charge is 2.11. The van der Waals surface area contributed by atoms with Gasteiger partial charge in [-0.3, -0.25) is 4.68 Å². The summed E-state index contributed by atoms with van der Waals surface area (Å²) in [5.74, 6) is 0.777. The molecule has 0 fully saturated rings. The Balaban J connectivity index is 2.06. The van der Waals surface area contributed by atoms with Crippen molar-refractivity contribution in [2.24, 2.45) is 7.05 Å². The molecule has 6 heteroatoms. The fraction of sp³-hybridized carbons (Fsp3) is 0.250. The largest absolute Gasteiger partial charge is 0.488 e. The van der Waals surface area contributed by atoms with Gasteiger partial charge < -0.3 is 10.0 Å². The van der Waals surface area contributed by atoms with Crippen LogP contribution in [0.5, 0.6) is 0 Å². The first-order valence-corrected chi connectivity index (χ1v) is 6.63. The van der Waals surface area contributed by atoms with Gasteiger partial charge in [0.1, 0.15) is 0 Å². The zero-order valence-electron chi connectivity index (χ0n) is 10.4. The van der Waals surface area contributed by atoms with Crippen LogP contribution in [-0.2, 0) is 12.8 Å². The summed E-state index contributed by atoms with van der Waals surface area (Å²) in [6, 6.07) is 9.35. The minimum absolute atomic E-state index is 0.522. The van der Waals surface area contributed by atoms with Crippen LogP contribution in [-0.4, -0.2) is 26.9 Å². The van der Waals surface area contributed by atoms with E-state index in [0.29, 0.717) is 5.46 Å². The lowest BCUT2D eigenvalue weighted by atomic mass is 9.80. The average Bonchev–Trinajstić information content (AvgIpc) is 2.65. The van der Waals surface area contributed by atoms with Gasteiger partial charge in [0.25, 0.3) is 0 Å². The normalized spacial score (nSPS) is 10.7. The zero-order valence-corrected chi connectivity index (χ0v) is 11.2. The second kappa shape index (κ2) is 5.60. The van der Waals surface area contributed by atoms with Gasteiger partial charge in [-0.2, -0.15) is 5.10 Å². The van der Waals surface area contributed by atoms with E-state index in [-0.39, 0.29) is 0 Å². The number of thioether (sulfide) groups is 1. The Labute approximate surface area is 111 Å². The van der Waals surface area contributed by atoms with Gasteiger partial charge in [0.15, 0.2) is 0 Å². The summed E-state index contributed by atoms with van der Waals surface area (Å²) in [5.41, 5.74) is 2.58. The van der Waals surface area contributed by atoms with Crippen molar-refractivity contribution in [3.63, 3.8) is 0 Å². The van der Waals surface area contributed by atoms with Crippen LogP contribution in [0.3, 0.4) is 0 Å². The Kier molecular flexibility index (Phi) is 4.11. The quantitative estimate of drug-likeness (QED) is 0.629. The number of nitrogens with zero attached hydrogens (tertiary/aromatic N) is 2. The van der Waals surface area contributed by atoms with Crippen molar-refractivity contribution >= 4 is 24.3 Å². The summed E-state index contributed by atoms with van der Waals surface area (Å²) in [5, 5.41) is 23.6. The van der Waals surface area contributed by atoms with Crippen molar-refractivity contribution < 1.29 is 10.0 Å². The lowest BCUT2D eigenvalue weighted by Gasteiger charge is -2.05. The summed E-state index contributed by atoms with van der Waals surface area (Å²) < 4.78 is 1.85. The monoisotopic (exact) mass is 262 g/mol. The van der Waals surface area contributed by atoms with E-state index in [1.54, 1.807) is 23.9 Å². The standard InChI is InChI=1S/C12H15BN2O2S/c1-9-6-12(15(2)14-9)18-8-10-4-3-5-11(7-10)13(16)17/h3-7,16-17H,8H2,1-2H3. The molecule has 0 atom stereocenters. The fourth-order valence-electron chi connectivity index (χ4n) is 1.72. The third kappa shape index (κ3) is 3.16. The first-order chi connectivity index (χ1) is 8.56. The van der Waals surface area contributed by atoms with Crippen molar-refractivity contribution in [1.29, 1.82) is 0 Å². The van der Waals surface area contributed by atoms with Crippen molar-refractivity contribution in [2.45, 2.75) is 17.7 Å². The first-order valence-electron chi connectivity index (χ1n) is 5.64. The molecule has 2 N–H and O–H groups in total. The van der Waals surface area contributed by atoms with Gasteiger partial charge in [0.2, 0.25) is 0 Å². The summed E-state index contributed by atoms with van der Waals surface area (Å²) in [6.45, 7) is 1.97. The van der Waals surface area contributed by atoms with Crippen molar-refractivity contribution in [1.82, 2.24) is 9.78 Å². The molecule has 1 aromatic carbocycles. The minimum atomic E-state index is -1.41. The second-order valence-corrected chi connectivity index (χ2v) is 5.15. The lowest BCUT2D eigenvalue weighted by molar-refractivity contribution is 0.425. The topological polar surface area (TPSA) is 58.3 Å². The van der Waals surface area contributed by atoms with E-state index in [4.69, 9.17) is 10.0 Å². The maximum absolute atomic E-state index is 9.12. The Morgan fingerprint density at radius 2 is 2.11 bits per heavy atom. The molecule has 0 unspecified atom stereocenters. The van der Waals surface area contributed by atoms with Crippen LogP contribution in [0.4, 0.5) is 0 Å². The molecule has 0 bridgehead atoms. The van der Waals surface area contributed by atoms with Gasteiger partial charge in [0.05, 0.1) is 10.7 Å². The molecule has 4 nitrogen and oxygen atoms in total. The molecule has 0 radical (unpaired) electrons. The number of aryl methyl sites for hydroxylation is 2. The molecule has 1 heterocycles. The Morgan fingerprint density at radius 1 is 1.33 bits per heavy atom. The maximum Gasteiger partial charge on any atom is 0.488 e. The molecule has 0 aliphatic rings. The van der Waals surface area contributed by atoms with Crippen LogP contribution >= 0.6 is 11.8 Å². The van der Waals surface area contributed by atoms with E-state index in [0.717, 1.165) is 22.0 Å². The van der Waals surface area contributed by atoms with Crippen molar-refractivity contribution in [3.05, 3.63) is 41.6 Å². The van der Waals surface area contributed by atoms with Crippen LogP contribution in [0.25, 0.3) is 0 Å². The van der Waals surface area contributed by atoms with E-state index in [2.05, 4.69) is 5.10 Å². The molecule has 0 saturated heterocycles. The Hall–Kier alpha value is -1.24. The average molecular weight is 262 g/mol. The van der Waals surface area contributed by atoms with Crippen molar-refractivity contribution in [2.75, 3.05) is 0 Å². The molecule has 18 heavy (non-hydrogen) atoms. The summed E-state index contributed by atoms with van der Waals surface area (Å²) in [6.07, 6.45) is 0. The summed E-state index contributed by atoms with van der Waals surface area (Å²) >= 11 is 1.68. The van der Waals surface area contributed by atoms with Gasteiger partial charge in [0, 0.05) is 12.8 Å². The smallest absolute Gasteiger partial charge is 0.423 e. The molecule has 0 aliphatic carbocycles. The molecule has 0 aliphatic heterocycles. The molecule has 0 amide bonds. The van der Waals surface area contributed by atoms with Gasteiger partial charge >= 0.3 is 7.12 Å². The molecule has 2 aromatic rings. The van der Waals surface area contributed by atoms with Crippen molar-refractivity contribution in [3.8, 4) is 0 Å². The van der Waals surface area contributed by atoms with E-state index in [1.165, 1.54) is 0 Å². The molecule has 94 valence electrons. The maximum atomic E-state index is 9.12. The number of hydrogen-bond acceptors (Lipinski definition) is 4. The van der Waals surface area contributed by atoms with Crippen LogP contribution in [0.2, 0.25) is 0 Å². The molecular formula is C12H15BN2O2S. The van der Waals surface area contributed by atoms with Gasteiger partial charge in [-0.15, -0.1) is 11.8 Å². The highest BCUT2D eigenvalue weighted by atomic mass is 32.2. The van der Waals surface area contributed by atoms with E-state index in [1.807, 2.05) is 36.9 Å². The Bertz CT molecular complexity index is 543. The van der Waals surface area contributed by atoms with Crippen LogP contribution < -0.4 is 5.46 Å². The summed E-state index contributed by atoms with van der Waals surface area (Å²) in [4.78, 5) is 0. The van der Waals surface area contributed by atoms with Crippen LogP contribution in [0.15, 0.2) is 35.4 Å². The number of benzene rings is 1.